The van der Waals surface area contributed by atoms with E-state index < -0.39 is 0 Å². The Hall–Kier alpha value is -1.59. The lowest BCUT2D eigenvalue weighted by Crippen LogP contribution is -2.39. The molecule has 4 nitrogen and oxygen atoms in total. The van der Waals surface area contributed by atoms with E-state index in [0.717, 1.165) is 5.69 Å². The molecule has 0 saturated carbocycles. The fourth-order valence-corrected chi connectivity index (χ4v) is 3.73. The number of benzene rings is 1. The summed E-state index contributed by atoms with van der Waals surface area (Å²) in [5.41, 5.74) is 9.15. The number of hydrogen-bond donors (Lipinski definition) is 3. The van der Waals surface area contributed by atoms with Gasteiger partial charge in [-0.05, 0) is 81.2 Å². The number of likely N-dealkylation sites (tertiary alicyclic amines) is 1. The molecule has 1 unspecified atom stereocenters. The largest absolute Gasteiger partial charge is 0.376 e. The summed E-state index contributed by atoms with van der Waals surface area (Å²) in [6.45, 7) is 6.99. The summed E-state index contributed by atoms with van der Waals surface area (Å²) in [4.78, 5) is 6.02. The van der Waals surface area contributed by atoms with Crippen LogP contribution in [0.4, 0.5) is 5.69 Å². The number of hydrogen-bond acceptors (Lipinski definition) is 2. The van der Waals surface area contributed by atoms with Crippen molar-refractivity contribution in [3.8, 4) is 0 Å². The van der Waals surface area contributed by atoms with Crippen molar-refractivity contribution in [3.05, 3.63) is 30.0 Å². The predicted octanol–water partition coefficient (Wildman–Crippen LogP) is 3.80. The Balaban J connectivity index is 1.79. The molecule has 1 atom stereocenters. The van der Waals surface area contributed by atoms with Crippen molar-refractivity contribution in [2.75, 3.05) is 18.4 Å². The van der Waals surface area contributed by atoms with Crippen LogP contribution in [0.25, 0.3) is 10.9 Å². The summed E-state index contributed by atoms with van der Waals surface area (Å²) in [5, 5.41) is 4.63. The molecule has 0 spiro atoms. The fraction of sp³-hybridized carbons (Fsp3) is 0.500. The number of aromatic nitrogens is 1. The van der Waals surface area contributed by atoms with Crippen molar-refractivity contribution in [3.63, 3.8) is 0 Å². The van der Waals surface area contributed by atoms with Gasteiger partial charge in [-0.15, -0.1) is 0 Å². The second-order valence-electron chi connectivity index (χ2n) is 6.56. The van der Waals surface area contributed by atoms with Gasteiger partial charge in [0.05, 0.1) is 0 Å². The van der Waals surface area contributed by atoms with Gasteiger partial charge in [-0.3, -0.25) is 0 Å². The summed E-state index contributed by atoms with van der Waals surface area (Å²) in [6, 6.07) is 6.95. The van der Waals surface area contributed by atoms with Gasteiger partial charge < -0.3 is 20.9 Å². The third-order valence-electron chi connectivity index (χ3n) is 5.16. The van der Waals surface area contributed by atoms with E-state index >= 15 is 0 Å². The Morgan fingerprint density at radius 3 is 2.83 bits per heavy atom. The quantitative estimate of drug-likeness (QED) is 0.746. The Morgan fingerprint density at radius 2 is 2.17 bits per heavy atom. The molecule has 0 aliphatic carbocycles. The minimum absolute atomic E-state index is 0.309. The molecule has 23 heavy (non-hydrogen) atoms. The monoisotopic (exact) mass is 330 g/mol. The van der Waals surface area contributed by atoms with Crippen LogP contribution in [0.3, 0.4) is 0 Å². The van der Waals surface area contributed by atoms with Gasteiger partial charge in [0.15, 0.2) is 5.11 Å². The maximum Gasteiger partial charge on any atom is 0.168 e. The van der Waals surface area contributed by atoms with E-state index in [1.54, 1.807) is 0 Å². The maximum atomic E-state index is 5.59. The SMILES string of the molecule is CCC(C)N1CCC(c2c[nH]c3ccc(NC(N)=S)cc23)CC1. The number of nitrogens with zero attached hydrogens (tertiary/aromatic N) is 1. The van der Waals surface area contributed by atoms with Crippen LogP contribution in [0.5, 0.6) is 0 Å². The fourth-order valence-electron chi connectivity index (χ4n) is 3.61. The number of thiocarbonyl (C=S) groups is 1. The highest BCUT2D eigenvalue weighted by Gasteiger charge is 2.24. The smallest absolute Gasteiger partial charge is 0.168 e. The Bertz CT molecular complexity index is 685. The zero-order chi connectivity index (χ0) is 16.4. The number of anilines is 1. The molecule has 0 radical (unpaired) electrons. The molecule has 1 saturated heterocycles. The summed E-state index contributed by atoms with van der Waals surface area (Å²) in [5.74, 6) is 0.629. The molecule has 4 N–H and O–H groups in total. The molecule has 0 bridgehead atoms. The summed E-state index contributed by atoms with van der Waals surface area (Å²) in [6.07, 6.45) is 5.86. The predicted molar refractivity (Wildman–Crippen MR) is 102 cm³/mol. The molecule has 2 aromatic rings. The average Bonchev–Trinajstić information content (AvgIpc) is 2.97. The Labute approximate surface area is 143 Å². The highest BCUT2D eigenvalue weighted by atomic mass is 32.1. The number of H-pyrrole nitrogens is 1. The van der Waals surface area contributed by atoms with Crippen molar-refractivity contribution >= 4 is 33.9 Å². The number of nitrogens with one attached hydrogen (secondary N) is 2. The normalized spacial score (nSPS) is 18.2. The van der Waals surface area contributed by atoms with Crippen LogP contribution in [-0.4, -0.2) is 34.1 Å². The van der Waals surface area contributed by atoms with Gasteiger partial charge in [-0.2, -0.15) is 0 Å². The van der Waals surface area contributed by atoms with Crippen LogP contribution < -0.4 is 11.1 Å². The first-order chi connectivity index (χ1) is 11.1. The topological polar surface area (TPSA) is 57.1 Å². The maximum absolute atomic E-state index is 5.59. The molecule has 1 aromatic carbocycles. The van der Waals surface area contributed by atoms with Crippen molar-refractivity contribution < 1.29 is 0 Å². The van der Waals surface area contributed by atoms with Gasteiger partial charge in [0.1, 0.15) is 0 Å². The van der Waals surface area contributed by atoms with E-state index in [1.165, 1.54) is 48.8 Å². The molecule has 5 heteroatoms. The van der Waals surface area contributed by atoms with Gasteiger partial charge in [-0.1, -0.05) is 6.92 Å². The highest BCUT2D eigenvalue weighted by molar-refractivity contribution is 7.80. The summed E-state index contributed by atoms with van der Waals surface area (Å²) < 4.78 is 0. The molecular weight excluding hydrogens is 304 g/mol. The summed E-state index contributed by atoms with van der Waals surface area (Å²) >= 11 is 4.94. The van der Waals surface area contributed by atoms with Crippen molar-refractivity contribution in [1.29, 1.82) is 0 Å². The molecule has 1 fully saturated rings. The van der Waals surface area contributed by atoms with Gasteiger partial charge in [0.2, 0.25) is 0 Å². The minimum Gasteiger partial charge on any atom is -0.376 e. The zero-order valence-electron chi connectivity index (χ0n) is 13.9. The van der Waals surface area contributed by atoms with Crippen LogP contribution in [0, 0.1) is 0 Å². The average molecular weight is 331 g/mol. The third-order valence-corrected chi connectivity index (χ3v) is 5.27. The van der Waals surface area contributed by atoms with Gasteiger partial charge >= 0.3 is 0 Å². The first-order valence-electron chi connectivity index (χ1n) is 8.50. The van der Waals surface area contributed by atoms with Crippen molar-refractivity contribution in [1.82, 2.24) is 9.88 Å². The second kappa shape index (κ2) is 6.89. The lowest BCUT2D eigenvalue weighted by atomic mass is 9.88. The molecule has 3 rings (SSSR count). The van der Waals surface area contributed by atoms with E-state index in [-0.39, 0.29) is 0 Å². The van der Waals surface area contributed by atoms with Crippen LogP contribution in [0.1, 0.15) is 44.6 Å². The number of piperidine rings is 1. The lowest BCUT2D eigenvalue weighted by molar-refractivity contribution is 0.158. The molecule has 1 aromatic heterocycles. The van der Waals surface area contributed by atoms with Crippen molar-refractivity contribution in [2.24, 2.45) is 5.73 Å². The van der Waals surface area contributed by atoms with Gasteiger partial charge in [0.25, 0.3) is 0 Å². The van der Waals surface area contributed by atoms with E-state index in [9.17, 15) is 0 Å². The summed E-state index contributed by atoms with van der Waals surface area (Å²) in [7, 11) is 0. The van der Waals surface area contributed by atoms with Crippen LogP contribution in [0.2, 0.25) is 0 Å². The van der Waals surface area contributed by atoms with Gasteiger partial charge in [-0.25, -0.2) is 0 Å². The van der Waals surface area contributed by atoms with E-state index in [1.807, 2.05) is 6.07 Å². The first kappa shape index (κ1) is 16.3. The van der Waals surface area contributed by atoms with E-state index in [2.05, 4.69) is 47.4 Å². The Morgan fingerprint density at radius 1 is 1.43 bits per heavy atom. The third kappa shape index (κ3) is 3.51. The van der Waals surface area contributed by atoms with Crippen LogP contribution in [-0.2, 0) is 0 Å². The van der Waals surface area contributed by atoms with Crippen LogP contribution in [0.15, 0.2) is 24.4 Å². The number of rotatable bonds is 4. The molecule has 1 aliphatic heterocycles. The number of aromatic amines is 1. The lowest BCUT2D eigenvalue weighted by Gasteiger charge is -2.35. The second-order valence-corrected chi connectivity index (χ2v) is 7.00. The Kier molecular flexibility index (Phi) is 4.87. The van der Waals surface area contributed by atoms with E-state index in [0.29, 0.717) is 17.1 Å². The number of fused-ring (bicyclic) bond motifs is 1. The molecule has 1 aliphatic rings. The zero-order valence-corrected chi connectivity index (χ0v) is 14.7. The van der Waals surface area contributed by atoms with Gasteiger partial charge in [0, 0.05) is 28.8 Å². The molecule has 124 valence electrons. The molecular formula is C18H26N4S. The van der Waals surface area contributed by atoms with Crippen molar-refractivity contribution in [2.45, 2.75) is 45.1 Å². The van der Waals surface area contributed by atoms with Crippen LogP contribution >= 0.6 is 12.2 Å². The molecule has 2 heterocycles. The first-order valence-corrected chi connectivity index (χ1v) is 8.90. The van der Waals surface area contributed by atoms with E-state index in [4.69, 9.17) is 18.0 Å². The number of nitrogens with two attached hydrogens (primary N) is 1. The standard InChI is InChI=1S/C18H26N4S/c1-3-12(2)22-8-6-13(7-9-22)16-11-20-17-5-4-14(10-15(16)17)21-18(19)23/h4-5,10-13,20H,3,6-9H2,1-2H3,(H3,19,21,23). The molecule has 0 amide bonds. The minimum atomic E-state index is 0.309. The highest BCUT2D eigenvalue weighted by Crippen LogP contribution is 2.34.